The number of benzene rings is 2. The predicted octanol–water partition coefficient (Wildman–Crippen LogP) is 2.92. The second-order valence-corrected chi connectivity index (χ2v) is 8.71. The van der Waals surface area contributed by atoms with Crippen LogP contribution in [0, 0.1) is 0 Å². The van der Waals surface area contributed by atoms with Crippen LogP contribution in [0.5, 0.6) is 5.75 Å². The Bertz CT molecular complexity index is 944. The van der Waals surface area contributed by atoms with Crippen molar-refractivity contribution in [2.24, 2.45) is 0 Å². The first-order chi connectivity index (χ1) is 15.5. The summed E-state index contributed by atoms with van der Waals surface area (Å²) < 4.78 is 5.19. The lowest BCUT2D eigenvalue weighted by Crippen LogP contribution is -2.52. The van der Waals surface area contributed by atoms with Crippen LogP contribution in [0.25, 0.3) is 0 Å². The lowest BCUT2D eigenvalue weighted by Gasteiger charge is -2.38. The second kappa shape index (κ2) is 10.3. The molecule has 2 N–H and O–H groups in total. The van der Waals surface area contributed by atoms with Gasteiger partial charge in [0.1, 0.15) is 11.8 Å². The van der Waals surface area contributed by atoms with Gasteiger partial charge in [-0.05, 0) is 36.6 Å². The van der Waals surface area contributed by atoms with E-state index in [1.807, 2.05) is 30.3 Å². The zero-order valence-electron chi connectivity index (χ0n) is 18.2. The van der Waals surface area contributed by atoms with Crippen molar-refractivity contribution in [2.75, 3.05) is 45.2 Å². The summed E-state index contributed by atoms with van der Waals surface area (Å²) in [5.74, 6) is 0.540. The van der Waals surface area contributed by atoms with Gasteiger partial charge in [0.15, 0.2) is 0 Å². The van der Waals surface area contributed by atoms with Gasteiger partial charge in [0.05, 0.1) is 18.7 Å². The zero-order valence-corrected chi connectivity index (χ0v) is 19.0. The molecule has 170 valence electrons. The van der Waals surface area contributed by atoms with Crippen molar-refractivity contribution in [3.05, 3.63) is 59.1 Å². The maximum Gasteiger partial charge on any atom is 0.246 e. The van der Waals surface area contributed by atoms with Gasteiger partial charge in [-0.2, -0.15) is 0 Å². The van der Waals surface area contributed by atoms with Crippen LogP contribution in [0.1, 0.15) is 24.4 Å². The molecule has 2 amide bonds. The van der Waals surface area contributed by atoms with Gasteiger partial charge in [0.2, 0.25) is 11.8 Å². The molecule has 2 aromatic carbocycles. The van der Waals surface area contributed by atoms with Crippen LogP contribution in [-0.2, 0) is 9.59 Å². The molecule has 0 radical (unpaired) electrons. The van der Waals surface area contributed by atoms with E-state index >= 15 is 0 Å². The molecule has 2 aromatic rings. The molecule has 8 heteroatoms. The van der Waals surface area contributed by atoms with E-state index in [1.54, 1.807) is 25.3 Å². The SMILES string of the molecule is COc1ccc(NC(=O)C(c2ccccc2)N2CCN(CC(=O)NC3CC3)CC2)cc1Cl. The maximum absolute atomic E-state index is 13.4. The largest absolute Gasteiger partial charge is 0.495 e. The Morgan fingerprint density at radius 3 is 2.44 bits per heavy atom. The number of piperazine rings is 1. The highest BCUT2D eigenvalue weighted by molar-refractivity contribution is 6.32. The molecule has 32 heavy (non-hydrogen) atoms. The van der Waals surface area contributed by atoms with E-state index < -0.39 is 6.04 Å². The topological polar surface area (TPSA) is 73.9 Å². The smallest absolute Gasteiger partial charge is 0.246 e. The van der Waals surface area contributed by atoms with E-state index in [0.29, 0.717) is 42.1 Å². The molecule has 0 spiro atoms. The van der Waals surface area contributed by atoms with Crippen molar-refractivity contribution in [3.8, 4) is 5.75 Å². The molecule has 1 saturated carbocycles. The average Bonchev–Trinajstić information content (AvgIpc) is 3.60. The number of carbonyl (C=O) groups excluding carboxylic acids is 2. The summed E-state index contributed by atoms with van der Waals surface area (Å²) in [5.41, 5.74) is 1.56. The molecule has 1 unspecified atom stereocenters. The Balaban J connectivity index is 1.42. The summed E-state index contributed by atoms with van der Waals surface area (Å²) in [6, 6.07) is 14.9. The standard InChI is InChI=1S/C24H29ClN4O3/c1-32-21-10-9-19(15-20(21)25)27-24(31)23(17-5-3-2-4-6-17)29-13-11-28(12-14-29)16-22(30)26-18-7-8-18/h2-6,9-10,15,18,23H,7-8,11-14,16H2,1H3,(H,26,30)(H,27,31). The van der Waals surface area contributed by atoms with Crippen molar-refractivity contribution in [3.63, 3.8) is 0 Å². The molecular weight excluding hydrogens is 428 g/mol. The van der Waals surface area contributed by atoms with Crippen LogP contribution < -0.4 is 15.4 Å². The summed E-state index contributed by atoms with van der Waals surface area (Å²) in [6.07, 6.45) is 2.18. The zero-order chi connectivity index (χ0) is 22.5. The molecule has 1 aliphatic carbocycles. The maximum atomic E-state index is 13.4. The number of anilines is 1. The molecule has 4 rings (SSSR count). The summed E-state index contributed by atoms with van der Waals surface area (Å²) >= 11 is 6.23. The third-order valence-electron chi connectivity index (χ3n) is 5.86. The van der Waals surface area contributed by atoms with Crippen molar-refractivity contribution >= 4 is 29.1 Å². The van der Waals surface area contributed by atoms with Gasteiger partial charge in [-0.1, -0.05) is 41.9 Å². The van der Waals surface area contributed by atoms with E-state index in [0.717, 1.165) is 31.5 Å². The first-order valence-corrected chi connectivity index (χ1v) is 11.4. The van der Waals surface area contributed by atoms with Gasteiger partial charge in [-0.15, -0.1) is 0 Å². The Morgan fingerprint density at radius 2 is 1.81 bits per heavy atom. The van der Waals surface area contributed by atoms with Crippen LogP contribution in [-0.4, -0.2) is 67.5 Å². The molecule has 1 atom stereocenters. The molecule has 1 heterocycles. The number of amides is 2. The summed E-state index contributed by atoms with van der Waals surface area (Å²) in [5, 5.41) is 6.49. The fraction of sp³-hybridized carbons (Fsp3) is 0.417. The van der Waals surface area contributed by atoms with E-state index in [4.69, 9.17) is 16.3 Å². The molecule has 0 aromatic heterocycles. The predicted molar refractivity (Wildman–Crippen MR) is 125 cm³/mol. The lowest BCUT2D eigenvalue weighted by atomic mass is 10.0. The Hall–Kier alpha value is -2.61. The minimum absolute atomic E-state index is 0.0923. The number of hydrogen-bond acceptors (Lipinski definition) is 5. The Kier molecular flexibility index (Phi) is 7.29. The minimum Gasteiger partial charge on any atom is -0.495 e. The van der Waals surface area contributed by atoms with E-state index in [2.05, 4.69) is 20.4 Å². The van der Waals surface area contributed by atoms with Gasteiger partial charge in [0.25, 0.3) is 0 Å². The number of nitrogens with one attached hydrogen (secondary N) is 2. The number of ether oxygens (including phenoxy) is 1. The van der Waals surface area contributed by atoms with Crippen molar-refractivity contribution in [1.82, 2.24) is 15.1 Å². The van der Waals surface area contributed by atoms with Gasteiger partial charge in [-0.25, -0.2) is 0 Å². The van der Waals surface area contributed by atoms with Gasteiger partial charge in [0, 0.05) is 37.9 Å². The average molecular weight is 457 g/mol. The lowest BCUT2D eigenvalue weighted by molar-refractivity contribution is -0.125. The first-order valence-electron chi connectivity index (χ1n) is 11.0. The number of halogens is 1. The van der Waals surface area contributed by atoms with Crippen molar-refractivity contribution < 1.29 is 14.3 Å². The van der Waals surface area contributed by atoms with E-state index in [-0.39, 0.29) is 11.8 Å². The van der Waals surface area contributed by atoms with Crippen molar-refractivity contribution in [2.45, 2.75) is 24.9 Å². The summed E-state index contributed by atoms with van der Waals surface area (Å²) in [6.45, 7) is 3.29. The Morgan fingerprint density at radius 1 is 1.09 bits per heavy atom. The molecule has 1 aliphatic heterocycles. The number of nitrogens with zero attached hydrogens (tertiary/aromatic N) is 2. The molecule has 2 fully saturated rings. The highest BCUT2D eigenvalue weighted by Gasteiger charge is 2.31. The van der Waals surface area contributed by atoms with Crippen LogP contribution in [0.2, 0.25) is 5.02 Å². The number of carbonyl (C=O) groups is 2. The van der Waals surface area contributed by atoms with Gasteiger partial charge < -0.3 is 15.4 Å². The minimum atomic E-state index is -0.431. The third kappa shape index (κ3) is 5.79. The summed E-state index contributed by atoms with van der Waals surface area (Å²) in [7, 11) is 1.56. The Labute approximate surface area is 193 Å². The normalized spacial score (nSPS) is 18.1. The van der Waals surface area contributed by atoms with E-state index in [9.17, 15) is 9.59 Å². The molecule has 2 aliphatic rings. The van der Waals surface area contributed by atoms with Crippen LogP contribution in [0.4, 0.5) is 5.69 Å². The van der Waals surface area contributed by atoms with Crippen molar-refractivity contribution in [1.29, 1.82) is 0 Å². The monoisotopic (exact) mass is 456 g/mol. The van der Waals surface area contributed by atoms with Gasteiger partial charge >= 0.3 is 0 Å². The number of methoxy groups -OCH3 is 1. The summed E-state index contributed by atoms with van der Waals surface area (Å²) in [4.78, 5) is 29.8. The second-order valence-electron chi connectivity index (χ2n) is 8.31. The third-order valence-corrected chi connectivity index (χ3v) is 6.16. The highest BCUT2D eigenvalue weighted by Crippen LogP contribution is 2.29. The van der Waals surface area contributed by atoms with Crippen LogP contribution >= 0.6 is 11.6 Å². The molecule has 7 nitrogen and oxygen atoms in total. The fourth-order valence-electron chi connectivity index (χ4n) is 4.00. The van der Waals surface area contributed by atoms with Crippen LogP contribution in [0.15, 0.2) is 48.5 Å². The first kappa shape index (κ1) is 22.6. The molecule has 0 bridgehead atoms. The fourth-order valence-corrected chi connectivity index (χ4v) is 4.26. The molecular formula is C24H29ClN4O3. The van der Waals surface area contributed by atoms with E-state index in [1.165, 1.54) is 0 Å². The van der Waals surface area contributed by atoms with Gasteiger partial charge in [-0.3, -0.25) is 19.4 Å². The number of rotatable bonds is 8. The highest BCUT2D eigenvalue weighted by atomic mass is 35.5. The number of hydrogen-bond donors (Lipinski definition) is 2. The van der Waals surface area contributed by atoms with Crippen LogP contribution in [0.3, 0.4) is 0 Å². The molecule has 1 saturated heterocycles. The quantitative estimate of drug-likeness (QED) is 0.639.